The predicted molar refractivity (Wildman–Crippen MR) is 199 cm³/mol. The molecular weight excluding hydrogens is 570 g/mol. The van der Waals surface area contributed by atoms with Crippen LogP contribution in [0.3, 0.4) is 0 Å². The number of aliphatic hydroxyl groups excluding tert-OH is 3. The maximum absolute atomic E-state index is 12.4. The molecule has 274 valence electrons. The number of hydrogen-bond donors (Lipinski definition) is 4. The van der Waals surface area contributed by atoms with Gasteiger partial charge in [0.15, 0.2) is 0 Å². The summed E-state index contributed by atoms with van der Waals surface area (Å²) in [4.78, 5) is 12.4. The topological polar surface area (TPSA) is 89.8 Å². The van der Waals surface area contributed by atoms with E-state index in [9.17, 15) is 20.1 Å². The Morgan fingerprint density at radius 1 is 0.522 bits per heavy atom. The molecule has 0 aromatic heterocycles. The third-order valence-electron chi connectivity index (χ3n) is 9.62. The Kier molecular flexibility index (Phi) is 36.2. The Morgan fingerprint density at radius 3 is 1.26 bits per heavy atom. The second kappa shape index (κ2) is 36.9. The van der Waals surface area contributed by atoms with E-state index in [1.165, 1.54) is 141 Å². The highest BCUT2D eigenvalue weighted by Crippen LogP contribution is 2.16. The third kappa shape index (κ3) is 31.7. The van der Waals surface area contributed by atoms with Crippen LogP contribution in [0.25, 0.3) is 0 Å². The van der Waals surface area contributed by atoms with E-state index >= 15 is 0 Å². The minimum atomic E-state index is -1.14. The highest BCUT2D eigenvalue weighted by atomic mass is 16.3. The zero-order valence-corrected chi connectivity index (χ0v) is 31.0. The fourth-order valence-corrected chi connectivity index (χ4v) is 6.39. The van der Waals surface area contributed by atoms with Crippen molar-refractivity contribution in [2.75, 3.05) is 6.61 Å². The van der Waals surface area contributed by atoms with Gasteiger partial charge in [0.25, 0.3) is 0 Å². The highest BCUT2D eigenvalue weighted by Gasteiger charge is 2.26. The Labute approximate surface area is 287 Å². The summed E-state index contributed by atoms with van der Waals surface area (Å²) < 4.78 is 0. The molecule has 0 radical (unpaired) electrons. The zero-order valence-electron chi connectivity index (χ0n) is 31.0. The van der Waals surface area contributed by atoms with Crippen molar-refractivity contribution in [1.82, 2.24) is 5.32 Å². The molecule has 1 amide bonds. The summed E-state index contributed by atoms with van der Waals surface area (Å²) in [6.07, 6.45) is 41.6. The first kappa shape index (κ1) is 45.1. The van der Waals surface area contributed by atoms with E-state index < -0.39 is 18.2 Å². The maximum Gasteiger partial charge on any atom is 0.220 e. The van der Waals surface area contributed by atoms with E-state index in [0.29, 0.717) is 12.8 Å². The van der Waals surface area contributed by atoms with Crippen molar-refractivity contribution < 1.29 is 20.1 Å². The molecule has 0 bridgehead atoms. The second-order valence-corrected chi connectivity index (χ2v) is 14.2. The van der Waals surface area contributed by atoms with Crippen LogP contribution in [0, 0.1) is 0 Å². The summed E-state index contributed by atoms with van der Waals surface area (Å²) in [5.74, 6) is -0.147. The van der Waals surface area contributed by atoms with Crippen molar-refractivity contribution in [3.05, 3.63) is 12.2 Å². The van der Waals surface area contributed by atoms with Crippen molar-refractivity contribution in [2.24, 2.45) is 0 Å². The molecular formula is C41H81NO4. The van der Waals surface area contributed by atoms with Crippen LogP contribution in [0.4, 0.5) is 0 Å². The molecule has 46 heavy (non-hydrogen) atoms. The van der Waals surface area contributed by atoms with Gasteiger partial charge in [-0.3, -0.25) is 4.79 Å². The molecule has 5 heteroatoms. The molecule has 0 saturated carbocycles. The van der Waals surface area contributed by atoms with Gasteiger partial charge in [0, 0.05) is 6.42 Å². The lowest BCUT2D eigenvalue weighted by atomic mass is 9.99. The van der Waals surface area contributed by atoms with Crippen LogP contribution in [0.15, 0.2) is 12.2 Å². The third-order valence-corrected chi connectivity index (χ3v) is 9.62. The van der Waals surface area contributed by atoms with Crippen LogP contribution < -0.4 is 5.32 Å². The first-order valence-electron chi connectivity index (χ1n) is 20.5. The van der Waals surface area contributed by atoms with Crippen molar-refractivity contribution in [2.45, 2.75) is 238 Å². The largest absolute Gasteiger partial charge is 0.394 e. The van der Waals surface area contributed by atoms with Gasteiger partial charge >= 0.3 is 0 Å². The quantitative estimate of drug-likeness (QED) is 0.0397. The Bertz CT molecular complexity index is 640. The number of unbranched alkanes of at least 4 members (excludes halogenated alkanes) is 27. The van der Waals surface area contributed by atoms with Gasteiger partial charge < -0.3 is 20.6 Å². The first-order valence-corrected chi connectivity index (χ1v) is 20.5. The molecule has 4 N–H and O–H groups in total. The monoisotopic (exact) mass is 652 g/mol. The minimum absolute atomic E-state index is 0.147. The lowest BCUT2D eigenvalue weighted by molar-refractivity contribution is -0.124. The second-order valence-electron chi connectivity index (χ2n) is 14.2. The standard InChI is InChI=1S/C41H81NO4/c1-3-5-7-9-11-13-15-17-19-20-22-23-25-27-29-31-33-35-39(44)41(46)38(37-43)42-40(45)36-34-32-30-28-26-24-21-18-16-14-12-10-8-6-4-2/h22-23,38-39,41,43-44,46H,3-21,24-37H2,1-2H3,(H,42,45). The molecule has 0 saturated heterocycles. The van der Waals surface area contributed by atoms with E-state index in [2.05, 4.69) is 31.3 Å². The number of carbonyl (C=O) groups excluding carboxylic acids is 1. The van der Waals surface area contributed by atoms with Gasteiger partial charge in [0.05, 0.1) is 18.8 Å². The zero-order chi connectivity index (χ0) is 33.8. The predicted octanol–water partition coefficient (Wildman–Crippen LogP) is 11.3. The van der Waals surface area contributed by atoms with Crippen molar-refractivity contribution in [1.29, 1.82) is 0 Å². The van der Waals surface area contributed by atoms with Crippen molar-refractivity contribution >= 4 is 5.91 Å². The number of allylic oxidation sites excluding steroid dienone is 2. The Morgan fingerprint density at radius 2 is 0.870 bits per heavy atom. The number of amides is 1. The Balaban J connectivity index is 3.66. The Hall–Kier alpha value is -0.910. The van der Waals surface area contributed by atoms with Gasteiger partial charge in [-0.1, -0.05) is 187 Å². The molecule has 0 aromatic rings. The first-order chi connectivity index (χ1) is 22.6. The highest BCUT2D eigenvalue weighted by molar-refractivity contribution is 5.76. The molecule has 0 heterocycles. The minimum Gasteiger partial charge on any atom is -0.394 e. The maximum atomic E-state index is 12.4. The molecule has 0 aliphatic rings. The normalized spacial score (nSPS) is 13.8. The lowest BCUT2D eigenvalue weighted by Crippen LogP contribution is -2.50. The lowest BCUT2D eigenvalue weighted by Gasteiger charge is -2.26. The van der Waals surface area contributed by atoms with E-state index in [1.54, 1.807) is 0 Å². The molecule has 5 nitrogen and oxygen atoms in total. The van der Waals surface area contributed by atoms with E-state index in [4.69, 9.17) is 0 Å². The van der Waals surface area contributed by atoms with Gasteiger partial charge in [-0.2, -0.15) is 0 Å². The number of aliphatic hydroxyl groups is 3. The van der Waals surface area contributed by atoms with Crippen LogP contribution in [0.2, 0.25) is 0 Å². The fraction of sp³-hybridized carbons (Fsp3) is 0.927. The van der Waals surface area contributed by atoms with Crippen LogP contribution >= 0.6 is 0 Å². The van der Waals surface area contributed by atoms with Gasteiger partial charge in [0.2, 0.25) is 5.91 Å². The summed E-state index contributed by atoms with van der Waals surface area (Å²) in [6.45, 7) is 4.17. The van der Waals surface area contributed by atoms with E-state index in [-0.39, 0.29) is 12.5 Å². The van der Waals surface area contributed by atoms with Gasteiger partial charge in [-0.05, 0) is 38.5 Å². The summed E-state index contributed by atoms with van der Waals surface area (Å²) in [7, 11) is 0. The number of nitrogens with one attached hydrogen (secondary N) is 1. The van der Waals surface area contributed by atoms with Crippen LogP contribution in [0.1, 0.15) is 219 Å². The van der Waals surface area contributed by atoms with Gasteiger partial charge in [0.1, 0.15) is 6.10 Å². The fourth-order valence-electron chi connectivity index (χ4n) is 6.39. The van der Waals surface area contributed by atoms with E-state index in [0.717, 1.165) is 51.4 Å². The molecule has 3 atom stereocenters. The molecule has 0 fully saturated rings. The molecule has 0 aromatic carbocycles. The molecule has 0 spiro atoms. The SMILES string of the molecule is CCCCCCCCCCCC=CCCCCCCC(O)C(O)C(CO)NC(=O)CCCCCCCCCCCCCCCCC. The van der Waals surface area contributed by atoms with Crippen LogP contribution in [-0.2, 0) is 4.79 Å². The number of rotatable bonds is 37. The van der Waals surface area contributed by atoms with Crippen LogP contribution in [0.5, 0.6) is 0 Å². The molecule has 0 aliphatic carbocycles. The molecule has 0 rings (SSSR count). The number of hydrogen-bond acceptors (Lipinski definition) is 4. The van der Waals surface area contributed by atoms with Crippen molar-refractivity contribution in [3.8, 4) is 0 Å². The van der Waals surface area contributed by atoms with Crippen LogP contribution in [-0.4, -0.2) is 46.1 Å². The summed E-state index contributed by atoms with van der Waals surface area (Å²) in [5, 5.41) is 33.5. The average molecular weight is 652 g/mol. The molecule has 0 aliphatic heterocycles. The summed E-state index contributed by atoms with van der Waals surface area (Å²) in [5.41, 5.74) is 0. The summed E-state index contributed by atoms with van der Waals surface area (Å²) >= 11 is 0. The van der Waals surface area contributed by atoms with Gasteiger partial charge in [-0.15, -0.1) is 0 Å². The average Bonchev–Trinajstić information content (AvgIpc) is 3.06. The van der Waals surface area contributed by atoms with Gasteiger partial charge in [-0.25, -0.2) is 0 Å². The number of carbonyl (C=O) groups is 1. The van der Waals surface area contributed by atoms with Crippen molar-refractivity contribution in [3.63, 3.8) is 0 Å². The van der Waals surface area contributed by atoms with E-state index in [1.807, 2.05) is 0 Å². The smallest absolute Gasteiger partial charge is 0.220 e. The summed E-state index contributed by atoms with van der Waals surface area (Å²) in [6, 6.07) is -0.810. The molecule has 3 unspecified atom stereocenters.